The number of hydrogen-bond donors (Lipinski definition) is 1. The Morgan fingerprint density at radius 3 is 2.82 bits per heavy atom. The summed E-state index contributed by atoms with van der Waals surface area (Å²) in [6.07, 6.45) is 5.31. The lowest BCUT2D eigenvalue weighted by molar-refractivity contribution is 0.258. The van der Waals surface area contributed by atoms with E-state index in [0.29, 0.717) is 5.41 Å². The summed E-state index contributed by atoms with van der Waals surface area (Å²) in [4.78, 5) is 1.52. The van der Waals surface area contributed by atoms with E-state index in [-0.39, 0.29) is 0 Å². The Balaban J connectivity index is 1.95. The fraction of sp³-hybridized carbons (Fsp3) is 0.714. The lowest BCUT2D eigenvalue weighted by atomic mass is 9.81. The zero-order chi connectivity index (χ0) is 12.3. The molecular formula is C14H22BrNS. The molecule has 0 bridgehead atoms. The first kappa shape index (κ1) is 13.6. The van der Waals surface area contributed by atoms with Crippen LogP contribution in [0.3, 0.4) is 0 Å². The molecule has 1 saturated carbocycles. The SMILES string of the molecule is CCCNCC(C)(Cc1cc(Br)cs1)C1CC1. The third-order valence-corrected chi connectivity index (χ3v) is 5.42. The standard InChI is InChI=1S/C14H22BrNS/c1-3-6-16-10-14(2,11-4-5-11)8-13-7-12(15)9-17-13/h7,9,11,16H,3-6,8,10H2,1-2H3. The maximum absolute atomic E-state index is 3.62. The third-order valence-electron chi connectivity index (χ3n) is 3.72. The van der Waals surface area contributed by atoms with Gasteiger partial charge in [0.05, 0.1) is 0 Å². The fourth-order valence-electron chi connectivity index (χ4n) is 2.53. The second-order valence-corrected chi connectivity index (χ2v) is 7.42. The van der Waals surface area contributed by atoms with Gasteiger partial charge in [0.2, 0.25) is 0 Å². The van der Waals surface area contributed by atoms with Crippen LogP contribution in [0.15, 0.2) is 15.9 Å². The fourth-order valence-corrected chi connectivity index (χ4v) is 4.17. The molecule has 96 valence electrons. The number of halogens is 1. The van der Waals surface area contributed by atoms with Crippen molar-refractivity contribution in [2.75, 3.05) is 13.1 Å². The molecule has 3 heteroatoms. The molecule has 0 aromatic carbocycles. The average molecular weight is 316 g/mol. The minimum atomic E-state index is 0.458. The van der Waals surface area contributed by atoms with E-state index in [1.165, 1.54) is 41.6 Å². The van der Waals surface area contributed by atoms with Crippen molar-refractivity contribution in [1.82, 2.24) is 5.32 Å². The molecule has 0 radical (unpaired) electrons. The summed E-state index contributed by atoms with van der Waals surface area (Å²) in [6, 6.07) is 2.28. The van der Waals surface area contributed by atoms with Crippen LogP contribution in [0.1, 0.15) is 38.0 Å². The van der Waals surface area contributed by atoms with Crippen LogP contribution in [-0.4, -0.2) is 13.1 Å². The second-order valence-electron chi connectivity index (χ2n) is 5.51. The molecule has 1 aromatic heterocycles. The van der Waals surface area contributed by atoms with E-state index in [4.69, 9.17) is 0 Å². The van der Waals surface area contributed by atoms with Crippen molar-refractivity contribution in [1.29, 1.82) is 0 Å². The molecule has 2 rings (SSSR count). The topological polar surface area (TPSA) is 12.0 Å². The van der Waals surface area contributed by atoms with Crippen molar-refractivity contribution in [3.05, 3.63) is 20.8 Å². The Hall–Kier alpha value is 0.140. The van der Waals surface area contributed by atoms with Crippen molar-refractivity contribution in [2.24, 2.45) is 11.3 Å². The summed E-state index contributed by atoms with van der Waals surface area (Å²) >= 11 is 5.44. The van der Waals surface area contributed by atoms with E-state index >= 15 is 0 Å². The molecule has 1 unspecified atom stereocenters. The summed E-state index contributed by atoms with van der Waals surface area (Å²) in [5, 5.41) is 5.81. The van der Waals surface area contributed by atoms with Gasteiger partial charge in [0.1, 0.15) is 0 Å². The van der Waals surface area contributed by atoms with Gasteiger partial charge in [-0.1, -0.05) is 13.8 Å². The minimum Gasteiger partial charge on any atom is -0.316 e. The third kappa shape index (κ3) is 3.80. The molecule has 17 heavy (non-hydrogen) atoms. The summed E-state index contributed by atoms with van der Waals surface area (Å²) in [7, 11) is 0. The Kier molecular flexibility index (Phi) is 4.67. The Morgan fingerprint density at radius 1 is 1.53 bits per heavy atom. The largest absolute Gasteiger partial charge is 0.316 e. The molecule has 1 aliphatic carbocycles. The van der Waals surface area contributed by atoms with Crippen molar-refractivity contribution in [3.8, 4) is 0 Å². The van der Waals surface area contributed by atoms with Crippen LogP contribution in [-0.2, 0) is 6.42 Å². The number of rotatable bonds is 7. The average Bonchev–Trinajstić information content (AvgIpc) is 3.05. The smallest absolute Gasteiger partial charge is 0.0285 e. The normalized spacial score (nSPS) is 19.2. The van der Waals surface area contributed by atoms with E-state index in [2.05, 4.69) is 46.5 Å². The highest BCUT2D eigenvalue weighted by Crippen LogP contribution is 2.47. The van der Waals surface area contributed by atoms with Gasteiger partial charge in [-0.3, -0.25) is 0 Å². The predicted molar refractivity (Wildman–Crippen MR) is 79.7 cm³/mol. The predicted octanol–water partition coefficient (Wildman–Crippen LogP) is 4.47. The van der Waals surface area contributed by atoms with E-state index in [1.54, 1.807) is 0 Å². The van der Waals surface area contributed by atoms with Gasteiger partial charge in [-0.2, -0.15) is 0 Å². The molecule has 1 aliphatic rings. The molecule has 0 amide bonds. The Labute approximate surface area is 117 Å². The summed E-state index contributed by atoms with van der Waals surface area (Å²) in [5.41, 5.74) is 0.458. The van der Waals surface area contributed by atoms with E-state index in [1.807, 2.05) is 11.3 Å². The summed E-state index contributed by atoms with van der Waals surface area (Å²) in [6.45, 7) is 7.01. The van der Waals surface area contributed by atoms with Gasteiger partial charge in [0.25, 0.3) is 0 Å². The van der Waals surface area contributed by atoms with Crippen LogP contribution in [0.4, 0.5) is 0 Å². The lowest BCUT2D eigenvalue weighted by Crippen LogP contribution is -2.35. The van der Waals surface area contributed by atoms with E-state index in [0.717, 1.165) is 12.5 Å². The van der Waals surface area contributed by atoms with E-state index < -0.39 is 0 Å². The first-order valence-corrected chi connectivity index (χ1v) is 8.25. The first-order chi connectivity index (χ1) is 8.14. The summed E-state index contributed by atoms with van der Waals surface area (Å²) < 4.78 is 1.23. The minimum absolute atomic E-state index is 0.458. The van der Waals surface area contributed by atoms with Crippen LogP contribution < -0.4 is 5.32 Å². The quantitative estimate of drug-likeness (QED) is 0.732. The molecule has 0 aliphatic heterocycles. The van der Waals surface area contributed by atoms with Gasteiger partial charge in [-0.25, -0.2) is 0 Å². The van der Waals surface area contributed by atoms with E-state index in [9.17, 15) is 0 Å². The zero-order valence-corrected chi connectivity index (χ0v) is 13.2. The van der Waals surface area contributed by atoms with Crippen LogP contribution in [0, 0.1) is 11.3 Å². The maximum atomic E-state index is 3.62. The lowest BCUT2D eigenvalue weighted by Gasteiger charge is -2.29. The van der Waals surface area contributed by atoms with Crippen LogP contribution in [0.2, 0.25) is 0 Å². The van der Waals surface area contributed by atoms with Crippen LogP contribution in [0.25, 0.3) is 0 Å². The Bertz CT molecular complexity index is 359. The van der Waals surface area contributed by atoms with Gasteiger partial charge in [-0.15, -0.1) is 11.3 Å². The Morgan fingerprint density at radius 2 is 2.29 bits per heavy atom. The van der Waals surface area contributed by atoms with Gasteiger partial charge in [0.15, 0.2) is 0 Å². The molecular weight excluding hydrogens is 294 g/mol. The molecule has 1 atom stereocenters. The molecule has 1 fully saturated rings. The second kappa shape index (κ2) is 5.85. The molecule has 0 saturated heterocycles. The van der Waals surface area contributed by atoms with Crippen LogP contribution in [0.5, 0.6) is 0 Å². The van der Waals surface area contributed by atoms with Crippen molar-refractivity contribution < 1.29 is 0 Å². The molecule has 0 spiro atoms. The number of hydrogen-bond acceptors (Lipinski definition) is 2. The molecule has 1 aromatic rings. The number of thiophene rings is 1. The van der Waals surface area contributed by atoms with Gasteiger partial charge in [-0.05, 0) is 65.6 Å². The van der Waals surface area contributed by atoms with Crippen molar-refractivity contribution in [3.63, 3.8) is 0 Å². The van der Waals surface area contributed by atoms with Crippen LogP contribution >= 0.6 is 27.3 Å². The monoisotopic (exact) mass is 315 g/mol. The molecule has 1 N–H and O–H groups in total. The van der Waals surface area contributed by atoms with Crippen molar-refractivity contribution >= 4 is 27.3 Å². The molecule has 1 heterocycles. The van der Waals surface area contributed by atoms with Gasteiger partial charge in [0, 0.05) is 21.3 Å². The first-order valence-electron chi connectivity index (χ1n) is 6.57. The van der Waals surface area contributed by atoms with Gasteiger partial charge >= 0.3 is 0 Å². The zero-order valence-electron chi connectivity index (χ0n) is 10.8. The van der Waals surface area contributed by atoms with Gasteiger partial charge < -0.3 is 5.32 Å². The van der Waals surface area contributed by atoms with Crippen molar-refractivity contribution in [2.45, 2.75) is 39.5 Å². The maximum Gasteiger partial charge on any atom is 0.0285 e. The highest BCUT2D eigenvalue weighted by atomic mass is 79.9. The number of nitrogens with one attached hydrogen (secondary N) is 1. The molecule has 1 nitrogen and oxygen atoms in total. The summed E-state index contributed by atoms with van der Waals surface area (Å²) in [5.74, 6) is 0.938. The highest BCUT2D eigenvalue weighted by Gasteiger charge is 2.41. The highest BCUT2D eigenvalue weighted by molar-refractivity contribution is 9.10.